The highest BCUT2D eigenvalue weighted by atomic mass is 16.4. The molecule has 0 aromatic heterocycles. The summed E-state index contributed by atoms with van der Waals surface area (Å²) in [5, 5.41) is 43.2. The number of nitrogens with two attached hydrogens (primary N) is 4. The van der Waals surface area contributed by atoms with Crippen molar-refractivity contribution in [3.63, 3.8) is 0 Å². The lowest BCUT2D eigenvalue weighted by Crippen LogP contribution is -2.34. The maximum Gasteiger partial charge on any atom is 0.320 e. The van der Waals surface area contributed by atoms with E-state index in [0.29, 0.717) is 12.3 Å². The molecule has 1 heterocycles. The van der Waals surface area contributed by atoms with E-state index in [1.807, 2.05) is 13.8 Å². The first kappa shape index (κ1) is 40.3. The van der Waals surface area contributed by atoms with E-state index in [2.05, 4.69) is 11.1 Å². The van der Waals surface area contributed by atoms with E-state index < -0.39 is 48.0 Å². The van der Waals surface area contributed by atoms with Gasteiger partial charge in [0.05, 0.1) is 6.54 Å². The molecule has 214 valence electrons. The van der Waals surface area contributed by atoms with Gasteiger partial charge in [0.25, 0.3) is 0 Å². The van der Waals surface area contributed by atoms with Crippen molar-refractivity contribution in [2.45, 2.75) is 78.0 Å². The smallest absolute Gasteiger partial charge is 0.320 e. The van der Waals surface area contributed by atoms with Gasteiger partial charge < -0.3 is 53.8 Å². The summed E-state index contributed by atoms with van der Waals surface area (Å²) < 4.78 is 0. The Morgan fingerprint density at radius 3 is 1.33 bits per heavy atom. The Bertz CT molecular complexity index is 627. The molecule has 0 aromatic rings. The Labute approximate surface area is 211 Å². The first-order valence-electron chi connectivity index (χ1n) is 11.1. The summed E-state index contributed by atoms with van der Waals surface area (Å²) in [5.41, 5.74) is 19.8. The Balaban J connectivity index is -0.000000180. The summed E-state index contributed by atoms with van der Waals surface area (Å²) in [7, 11) is 0. The van der Waals surface area contributed by atoms with Gasteiger partial charge in [-0.2, -0.15) is 0 Å². The molecule has 15 heteroatoms. The van der Waals surface area contributed by atoms with Crippen molar-refractivity contribution in [1.82, 2.24) is 5.32 Å². The van der Waals surface area contributed by atoms with Crippen molar-refractivity contribution in [2.75, 3.05) is 13.1 Å². The monoisotopic (exact) mass is 527 g/mol. The minimum Gasteiger partial charge on any atom is -0.480 e. The molecule has 1 fully saturated rings. The highest BCUT2D eigenvalue weighted by molar-refractivity contribution is 5.74. The van der Waals surface area contributed by atoms with Gasteiger partial charge in [-0.1, -0.05) is 27.7 Å². The van der Waals surface area contributed by atoms with Crippen LogP contribution < -0.4 is 28.3 Å². The number of rotatable bonds is 8. The summed E-state index contributed by atoms with van der Waals surface area (Å²) in [4.78, 5) is 49.1. The summed E-state index contributed by atoms with van der Waals surface area (Å²) in [6.45, 7) is 9.45. The molecule has 0 aliphatic carbocycles. The van der Waals surface area contributed by atoms with Crippen LogP contribution in [0.15, 0.2) is 0 Å². The molecule has 0 spiro atoms. The average Bonchev–Trinajstić information content (AvgIpc) is 3.29. The number of hydrogen-bond acceptors (Lipinski definition) is 10. The highest BCUT2D eigenvalue weighted by Gasteiger charge is 2.20. The van der Waals surface area contributed by atoms with E-state index in [1.54, 1.807) is 13.8 Å². The fourth-order valence-electron chi connectivity index (χ4n) is 1.79. The second-order valence-corrected chi connectivity index (χ2v) is 8.39. The van der Waals surface area contributed by atoms with Crippen molar-refractivity contribution < 1.29 is 49.5 Å². The molecule has 4 atom stereocenters. The number of carbonyl (C=O) groups is 5. The van der Waals surface area contributed by atoms with Crippen LogP contribution in [0.25, 0.3) is 0 Å². The maximum atomic E-state index is 10.1. The molecular formula is C21H45N5O10. The molecule has 36 heavy (non-hydrogen) atoms. The molecule has 0 saturated carbocycles. The Morgan fingerprint density at radius 2 is 1.25 bits per heavy atom. The van der Waals surface area contributed by atoms with Crippen LogP contribution in [0.4, 0.5) is 0 Å². The molecule has 0 aromatic carbocycles. The number of carboxylic acid groups (broad SMARTS) is 5. The van der Waals surface area contributed by atoms with E-state index in [1.165, 1.54) is 6.92 Å². The molecule has 1 rings (SSSR count). The molecular weight excluding hydrogens is 482 g/mol. The van der Waals surface area contributed by atoms with Gasteiger partial charge in [-0.3, -0.25) is 24.0 Å². The van der Waals surface area contributed by atoms with Gasteiger partial charge in [-0.05, 0) is 44.6 Å². The molecule has 14 N–H and O–H groups in total. The summed E-state index contributed by atoms with van der Waals surface area (Å²) in [6.07, 6.45) is 2.33. The van der Waals surface area contributed by atoms with Gasteiger partial charge in [0.1, 0.15) is 24.2 Å². The number of nitrogens with one attached hydrogen (secondary N) is 1. The summed E-state index contributed by atoms with van der Waals surface area (Å²) in [5.74, 6) is -4.12. The van der Waals surface area contributed by atoms with Crippen molar-refractivity contribution in [1.29, 1.82) is 0 Å². The second kappa shape index (κ2) is 23.9. The zero-order valence-corrected chi connectivity index (χ0v) is 21.6. The highest BCUT2D eigenvalue weighted by Crippen LogP contribution is 2.03. The van der Waals surface area contributed by atoms with Crippen LogP contribution in [-0.2, 0) is 24.0 Å². The van der Waals surface area contributed by atoms with Crippen LogP contribution >= 0.6 is 0 Å². The molecule has 0 bridgehead atoms. The molecule has 1 aliphatic rings. The normalized spacial score (nSPS) is 16.1. The average molecular weight is 528 g/mol. The van der Waals surface area contributed by atoms with Gasteiger partial charge in [-0.15, -0.1) is 0 Å². The van der Waals surface area contributed by atoms with Crippen LogP contribution in [0.2, 0.25) is 0 Å². The third-order valence-electron chi connectivity index (χ3n) is 3.97. The predicted octanol–water partition coefficient (Wildman–Crippen LogP) is -1.23. The molecule has 0 unspecified atom stereocenters. The third-order valence-corrected chi connectivity index (χ3v) is 3.97. The Hall–Kier alpha value is -2.85. The largest absolute Gasteiger partial charge is 0.480 e. The minimum absolute atomic E-state index is 0.0208. The third kappa shape index (κ3) is 31.1. The maximum absolute atomic E-state index is 10.1. The van der Waals surface area contributed by atoms with E-state index in [0.717, 1.165) is 19.4 Å². The molecule has 1 saturated heterocycles. The van der Waals surface area contributed by atoms with E-state index in [4.69, 9.17) is 42.7 Å². The van der Waals surface area contributed by atoms with Crippen LogP contribution in [0, 0.1) is 11.8 Å². The van der Waals surface area contributed by atoms with E-state index in [-0.39, 0.29) is 18.5 Å². The molecule has 1 aliphatic heterocycles. The molecule has 0 radical (unpaired) electrons. The van der Waals surface area contributed by atoms with E-state index >= 15 is 0 Å². The summed E-state index contributed by atoms with van der Waals surface area (Å²) >= 11 is 0. The lowest BCUT2D eigenvalue weighted by Gasteiger charge is -2.07. The minimum atomic E-state index is -0.968. The first-order chi connectivity index (χ1) is 16.3. The molecule has 15 nitrogen and oxygen atoms in total. The topological polar surface area (TPSA) is 303 Å². The quantitative estimate of drug-likeness (QED) is 0.177. The van der Waals surface area contributed by atoms with Crippen molar-refractivity contribution in [3.05, 3.63) is 0 Å². The van der Waals surface area contributed by atoms with Crippen LogP contribution in [-0.4, -0.2) is 92.6 Å². The fourth-order valence-corrected chi connectivity index (χ4v) is 1.79. The van der Waals surface area contributed by atoms with Gasteiger partial charge in [0.2, 0.25) is 0 Å². The zero-order chi connectivity index (χ0) is 29.6. The SMILES string of the molecule is CC(C)C[C@H](N)C(=O)O.CC(C)[C@H](N)C(=O)O.C[C@H](N)C(=O)O.NCC(=O)O.O=C(O)[C@@H]1CCCN1. The van der Waals surface area contributed by atoms with Crippen LogP contribution in [0.3, 0.4) is 0 Å². The standard InChI is InChI=1S/C6H13NO2.C5H9NO2.C5H11NO2.C3H7NO2.C2H5NO2/c1-4(2)3-5(7)6(8)9;7-5(8)4-2-1-3-6-4;1-3(2)4(6)5(7)8;1-2(4)3(5)6;3-1-2(4)5/h4-5H,3,7H2,1-2H3,(H,8,9);4,6H,1-3H2,(H,7,8);3-4H,6H2,1-2H3,(H,7,8);2H,4H2,1H3,(H,5,6);1,3H2,(H,4,5)/t5-;2*4-;2-;/m0000./s1. The number of hydrogen-bond donors (Lipinski definition) is 10. The lowest BCUT2D eigenvalue weighted by atomic mass is 10.1. The van der Waals surface area contributed by atoms with Gasteiger partial charge >= 0.3 is 29.8 Å². The van der Waals surface area contributed by atoms with Gasteiger partial charge in [-0.25, -0.2) is 0 Å². The predicted molar refractivity (Wildman–Crippen MR) is 132 cm³/mol. The van der Waals surface area contributed by atoms with Crippen molar-refractivity contribution >= 4 is 29.8 Å². The Morgan fingerprint density at radius 1 is 0.833 bits per heavy atom. The van der Waals surface area contributed by atoms with Gasteiger partial charge in [0.15, 0.2) is 0 Å². The number of carboxylic acids is 5. The number of aliphatic carboxylic acids is 5. The summed E-state index contributed by atoms with van der Waals surface area (Å²) in [6, 6.07) is -2.40. The van der Waals surface area contributed by atoms with Crippen LogP contribution in [0.1, 0.15) is 53.9 Å². The fraction of sp³-hybridized carbons (Fsp3) is 0.762. The van der Waals surface area contributed by atoms with Crippen molar-refractivity contribution in [2.24, 2.45) is 34.8 Å². The van der Waals surface area contributed by atoms with Gasteiger partial charge in [0, 0.05) is 0 Å². The van der Waals surface area contributed by atoms with E-state index in [9.17, 15) is 24.0 Å². The molecule has 0 amide bonds. The zero-order valence-electron chi connectivity index (χ0n) is 21.6. The van der Waals surface area contributed by atoms with Crippen LogP contribution in [0.5, 0.6) is 0 Å². The second-order valence-electron chi connectivity index (χ2n) is 8.39. The Kier molecular flexibility index (Phi) is 26.7. The first-order valence-corrected chi connectivity index (χ1v) is 11.1. The van der Waals surface area contributed by atoms with Crippen molar-refractivity contribution in [3.8, 4) is 0 Å². The lowest BCUT2D eigenvalue weighted by molar-refractivity contribution is -0.140.